The molecule has 74 valence electrons. The van der Waals surface area contributed by atoms with Crippen LogP contribution in [0.15, 0.2) is 0 Å². The van der Waals surface area contributed by atoms with E-state index in [1.165, 1.54) is 32.1 Å². The van der Waals surface area contributed by atoms with Crippen molar-refractivity contribution in [3.8, 4) is 0 Å². The van der Waals surface area contributed by atoms with E-state index in [9.17, 15) is 0 Å². The van der Waals surface area contributed by atoms with Crippen LogP contribution in [0.2, 0.25) is 0 Å². The first-order valence-corrected chi connectivity index (χ1v) is 5.58. The summed E-state index contributed by atoms with van der Waals surface area (Å²) in [5.74, 6) is 0.904. The molecule has 0 nitrogen and oxygen atoms in total. The third-order valence-electron chi connectivity index (χ3n) is 3.25. The highest BCUT2D eigenvalue weighted by Crippen LogP contribution is 2.35. The molecule has 0 aromatic carbocycles. The molecule has 0 aliphatic rings. The molecule has 0 fully saturated rings. The summed E-state index contributed by atoms with van der Waals surface area (Å²) in [6.45, 7) is 11.8. The minimum atomic E-state index is 0.615. The number of hydrogen-bond donors (Lipinski definition) is 0. The first-order chi connectivity index (χ1) is 5.58. The standard InChI is InChI=1S/C12H26/c1-6-9-12(5,8-3)10-11(4)7-2/h11H,6-10H2,1-5H3/t11-,12?/m0/s1. The summed E-state index contributed by atoms with van der Waals surface area (Å²) in [4.78, 5) is 0. The van der Waals surface area contributed by atoms with Crippen LogP contribution in [-0.2, 0) is 0 Å². The third kappa shape index (κ3) is 4.13. The Morgan fingerprint density at radius 1 is 1.17 bits per heavy atom. The molecule has 0 amide bonds. The predicted molar refractivity (Wildman–Crippen MR) is 57.4 cm³/mol. The van der Waals surface area contributed by atoms with E-state index < -0.39 is 0 Å². The minimum absolute atomic E-state index is 0.615. The Kier molecular flexibility index (Phi) is 5.61. The molecule has 0 rings (SSSR count). The van der Waals surface area contributed by atoms with Crippen LogP contribution < -0.4 is 0 Å². The summed E-state index contributed by atoms with van der Waals surface area (Å²) in [6, 6.07) is 0. The van der Waals surface area contributed by atoms with Gasteiger partial charge in [0.05, 0.1) is 0 Å². The van der Waals surface area contributed by atoms with Gasteiger partial charge in [0.1, 0.15) is 0 Å². The molecule has 0 aromatic rings. The lowest BCUT2D eigenvalue weighted by Crippen LogP contribution is -2.18. The van der Waals surface area contributed by atoms with Gasteiger partial charge >= 0.3 is 0 Å². The second-order valence-corrected chi connectivity index (χ2v) is 4.63. The minimum Gasteiger partial charge on any atom is -0.0654 e. The van der Waals surface area contributed by atoms with Crippen LogP contribution in [0.25, 0.3) is 0 Å². The molecule has 0 saturated carbocycles. The number of hydrogen-bond acceptors (Lipinski definition) is 0. The zero-order chi connectivity index (χ0) is 9.61. The lowest BCUT2D eigenvalue weighted by atomic mass is 9.75. The van der Waals surface area contributed by atoms with Gasteiger partial charge in [-0.05, 0) is 24.2 Å². The highest BCUT2D eigenvalue weighted by molar-refractivity contribution is 4.74. The van der Waals surface area contributed by atoms with Crippen molar-refractivity contribution in [2.75, 3.05) is 0 Å². The Morgan fingerprint density at radius 2 is 1.75 bits per heavy atom. The summed E-state index contributed by atoms with van der Waals surface area (Å²) in [7, 11) is 0. The highest BCUT2D eigenvalue weighted by atomic mass is 14.3. The fourth-order valence-corrected chi connectivity index (χ4v) is 2.01. The van der Waals surface area contributed by atoms with Crippen molar-refractivity contribution in [1.82, 2.24) is 0 Å². The second kappa shape index (κ2) is 5.61. The Bertz CT molecular complexity index is 107. The van der Waals surface area contributed by atoms with Crippen LogP contribution in [0, 0.1) is 11.3 Å². The zero-order valence-corrected chi connectivity index (χ0v) is 9.61. The quantitative estimate of drug-likeness (QED) is 0.545. The van der Waals surface area contributed by atoms with E-state index in [0.29, 0.717) is 5.41 Å². The van der Waals surface area contributed by atoms with Crippen LogP contribution in [0.3, 0.4) is 0 Å². The molecule has 0 N–H and O–H groups in total. The van der Waals surface area contributed by atoms with Gasteiger partial charge in [-0.3, -0.25) is 0 Å². The molecule has 0 radical (unpaired) electrons. The highest BCUT2D eigenvalue weighted by Gasteiger charge is 2.22. The van der Waals surface area contributed by atoms with Gasteiger partial charge in [0, 0.05) is 0 Å². The Morgan fingerprint density at radius 3 is 2.08 bits per heavy atom. The van der Waals surface area contributed by atoms with Crippen LogP contribution in [0.4, 0.5) is 0 Å². The Balaban J connectivity index is 3.94. The molecule has 0 aliphatic heterocycles. The Labute approximate surface area is 78.8 Å². The molecule has 0 bridgehead atoms. The van der Waals surface area contributed by atoms with Gasteiger partial charge in [0.2, 0.25) is 0 Å². The molecule has 0 heteroatoms. The summed E-state index contributed by atoms with van der Waals surface area (Å²) in [5, 5.41) is 0. The summed E-state index contributed by atoms with van der Waals surface area (Å²) in [5.41, 5.74) is 0.615. The van der Waals surface area contributed by atoms with E-state index in [-0.39, 0.29) is 0 Å². The lowest BCUT2D eigenvalue weighted by Gasteiger charge is -2.30. The smallest absolute Gasteiger partial charge is 0.0326 e. The third-order valence-corrected chi connectivity index (χ3v) is 3.25. The van der Waals surface area contributed by atoms with E-state index in [1.54, 1.807) is 0 Å². The topological polar surface area (TPSA) is 0 Å². The van der Waals surface area contributed by atoms with Crippen molar-refractivity contribution < 1.29 is 0 Å². The average Bonchev–Trinajstić information content (AvgIpc) is 2.05. The fourth-order valence-electron chi connectivity index (χ4n) is 2.01. The summed E-state index contributed by atoms with van der Waals surface area (Å²) >= 11 is 0. The maximum atomic E-state index is 2.45. The van der Waals surface area contributed by atoms with Crippen LogP contribution in [0.1, 0.15) is 66.7 Å². The first kappa shape index (κ1) is 12.0. The van der Waals surface area contributed by atoms with Crippen molar-refractivity contribution in [1.29, 1.82) is 0 Å². The summed E-state index contributed by atoms with van der Waals surface area (Å²) in [6.07, 6.45) is 6.81. The van der Waals surface area contributed by atoms with Gasteiger partial charge in [-0.1, -0.05) is 53.9 Å². The monoisotopic (exact) mass is 170 g/mol. The van der Waals surface area contributed by atoms with Crippen LogP contribution in [-0.4, -0.2) is 0 Å². The first-order valence-electron chi connectivity index (χ1n) is 5.58. The van der Waals surface area contributed by atoms with Gasteiger partial charge in [0.25, 0.3) is 0 Å². The predicted octanol–water partition coefficient (Wildman–Crippen LogP) is 4.64. The Hall–Kier alpha value is 0. The van der Waals surface area contributed by atoms with E-state index >= 15 is 0 Å². The van der Waals surface area contributed by atoms with Crippen LogP contribution >= 0.6 is 0 Å². The molecular formula is C12H26. The van der Waals surface area contributed by atoms with E-state index in [0.717, 1.165) is 5.92 Å². The second-order valence-electron chi connectivity index (χ2n) is 4.63. The van der Waals surface area contributed by atoms with Gasteiger partial charge in [-0.15, -0.1) is 0 Å². The van der Waals surface area contributed by atoms with Crippen molar-refractivity contribution in [2.24, 2.45) is 11.3 Å². The normalized spacial score (nSPS) is 18.8. The van der Waals surface area contributed by atoms with Crippen LogP contribution in [0.5, 0.6) is 0 Å². The molecule has 0 aromatic heterocycles. The average molecular weight is 170 g/mol. The molecular weight excluding hydrogens is 144 g/mol. The van der Waals surface area contributed by atoms with Crippen molar-refractivity contribution in [3.63, 3.8) is 0 Å². The van der Waals surface area contributed by atoms with E-state index in [4.69, 9.17) is 0 Å². The van der Waals surface area contributed by atoms with Crippen molar-refractivity contribution in [3.05, 3.63) is 0 Å². The van der Waals surface area contributed by atoms with Crippen molar-refractivity contribution in [2.45, 2.75) is 66.7 Å². The SMILES string of the molecule is CCCC(C)(CC)C[C@@H](C)CC. The molecule has 0 aliphatic carbocycles. The largest absolute Gasteiger partial charge is 0.0654 e. The lowest BCUT2D eigenvalue weighted by molar-refractivity contribution is 0.214. The molecule has 0 saturated heterocycles. The van der Waals surface area contributed by atoms with E-state index in [2.05, 4.69) is 34.6 Å². The molecule has 1 unspecified atom stereocenters. The number of rotatable bonds is 6. The van der Waals surface area contributed by atoms with Crippen molar-refractivity contribution >= 4 is 0 Å². The van der Waals surface area contributed by atoms with E-state index in [1.807, 2.05) is 0 Å². The molecule has 2 atom stereocenters. The molecule has 0 spiro atoms. The zero-order valence-electron chi connectivity index (χ0n) is 9.61. The molecule has 0 heterocycles. The molecule has 12 heavy (non-hydrogen) atoms. The maximum absolute atomic E-state index is 2.45. The maximum Gasteiger partial charge on any atom is -0.0326 e. The van der Waals surface area contributed by atoms with Gasteiger partial charge < -0.3 is 0 Å². The summed E-state index contributed by atoms with van der Waals surface area (Å²) < 4.78 is 0. The van der Waals surface area contributed by atoms with Gasteiger partial charge in [0.15, 0.2) is 0 Å². The van der Waals surface area contributed by atoms with Gasteiger partial charge in [-0.2, -0.15) is 0 Å². The fraction of sp³-hybridized carbons (Fsp3) is 1.00. The van der Waals surface area contributed by atoms with Gasteiger partial charge in [-0.25, -0.2) is 0 Å².